The fourth-order valence-corrected chi connectivity index (χ4v) is 1.57. The molecule has 1 aliphatic heterocycles. The quantitative estimate of drug-likeness (QED) is 0.670. The molecule has 0 spiro atoms. The van der Waals surface area contributed by atoms with Crippen LogP contribution in [0.2, 0.25) is 0 Å². The summed E-state index contributed by atoms with van der Waals surface area (Å²) in [6.45, 7) is 10.4. The second-order valence-electron chi connectivity index (χ2n) is 3.72. The molecule has 1 saturated heterocycles. The van der Waals surface area contributed by atoms with Crippen molar-refractivity contribution in [2.75, 3.05) is 13.2 Å². The second-order valence-corrected chi connectivity index (χ2v) is 3.72. The molecule has 1 atom stereocenters. The van der Waals surface area contributed by atoms with Crippen LogP contribution >= 0.6 is 0 Å². The second kappa shape index (κ2) is 5.71. The number of carbonyl (C=O) groups excluding carboxylic acids is 1. The lowest BCUT2D eigenvalue weighted by Gasteiger charge is -2.17. The van der Waals surface area contributed by atoms with Gasteiger partial charge in [-0.1, -0.05) is 13.2 Å². The Bertz CT molecular complexity index is 268. The number of hydrogen-bond acceptors (Lipinski definition) is 3. The molecular formula is C12H18O3. The Labute approximate surface area is 90.8 Å². The van der Waals surface area contributed by atoms with Gasteiger partial charge in [-0.05, 0) is 24.0 Å². The summed E-state index contributed by atoms with van der Waals surface area (Å²) in [7, 11) is 0. The van der Waals surface area contributed by atoms with Crippen LogP contribution in [0.3, 0.4) is 0 Å². The molecule has 0 radical (unpaired) electrons. The minimum atomic E-state index is -0.256. The summed E-state index contributed by atoms with van der Waals surface area (Å²) in [6, 6.07) is 0. The Kier molecular flexibility index (Phi) is 4.56. The van der Waals surface area contributed by atoms with E-state index in [1.807, 2.05) is 0 Å². The lowest BCUT2D eigenvalue weighted by molar-refractivity contribution is -0.141. The average molecular weight is 210 g/mol. The van der Waals surface area contributed by atoms with Crippen LogP contribution in [0.15, 0.2) is 24.3 Å². The van der Waals surface area contributed by atoms with Crippen LogP contribution in [-0.2, 0) is 14.3 Å². The summed E-state index contributed by atoms with van der Waals surface area (Å²) in [5.74, 6) is -0.256. The predicted octanol–water partition coefficient (Wildman–Crippen LogP) is 2.23. The Balaban J connectivity index is 2.41. The maximum absolute atomic E-state index is 10.6. The van der Waals surface area contributed by atoms with Gasteiger partial charge in [0.05, 0.1) is 12.7 Å². The predicted molar refractivity (Wildman–Crippen MR) is 58.5 cm³/mol. The third kappa shape index (κ3) is 3.88. The molecule has 0 saturated carbocycles. The lowest BCUT2D eigenvalue weighted by atomic mass is 9.99. The molecule has 1 rings (SSSR count). The first-order valence-corrected chi connectivity index (χ1v) is 5.23. The highest BCUT2D eigenvalue weighted by Crippen LogP contribution is 2.24. The van der Waals surface area contributed by atoms with Crippen molar-refractivity contribution in [1.29, 1.82) is 0 Å². The van der Waals surface area contributed by atoms with Crippen LogP contribution in [0.5, 0.6) is 0 Å². The first kappa shape index (κ1) is 12.0. The molecule has 1 aliphatic rings. The molecule has 0 aliphatic carbocycles. The van der Waals surface area contributed by atoms with Gasteiger partial charge >= 0.3 is 5.97 Å². The van der Waals surface area contributed by atoms with Crippen molar-refractivity contribution < 1.29 is 14.3 Å². The summed E-state index contributed by atoms with van der Waals surface area (Å²) < 4.78 is 10.5. The molecule has 84 valence electrons. The Morgan fingerprint density at radius 2 is 2.33 bits per heavy atom. The average Bonchev–Trinajstić information content (AvgIpc) is 2.32. The summed E-state index contributed by atoms with van der Waals surface area (Å²) in [6.07, 6.45) is 2.56. The van der Waals surface area contributed by atoms with Gasteiger partial charge in [-0.3, -0.25) is 4.79 Å². The van der Waals surface area contributed by atoms with Crippen molar-refractivity contribution in [3.8, 4) is 0 Å². The van der Waals surface area contributed by atoms with E-state index in [1.165, 1.54) is 6.92 Å². The van der Waals surface area contributed by atoms with Crippen LogP contribution in [0.4, 0.5) is 0 Å². The molecule has 1 fully saturated rings. The zero-order chi connectivity index (χ0) is 11.3. The van der Waals surface area contributed by atoms with Gasteiger partial charge in [0.15, 0.2) is 0 Å². The van der Waals surface area contributed by atoms with Crippen LogP contribution < -0.4 is 0 Å². The number of carbonyl (C=O) groups is 1. The molecule has 3 nitrogen and oxygen atoms in total. The number of hydrogen-bond donors (Lipinski definition) is 0. The number of esters is 1. The highest BCUT2D eigenvalue weighted by atomic mass is 16.5. The fourth-order valence-electron chi connectivity index (χ4n) is 1.57. The number of rotatable bonds is 3. The van der Waals surface area contributed by atoms with E-state index in [4.69, 9.17) is 9.47 Å². The largest absolute Gasteiger partial charge is 0.466 e. The molecule has 0 aromatic heterocycles. The van der Waals surface area contributed by atoms with Crippen LogP contribution in [0.1, 0.15) is 26.2 Å². The molecule has 0 amide bonds. The normalized spacial score (nSPS) is 22.3. The van der Waals surface area contributed by atoms with Gasteiger partial charge in [0.2, 0.25) is 0 Å². The molecule has 0 N–H and O–H groups in total. The van der Waals surface area contributed by atoms with E-state index in [-0.39, 0.29) is 12.1 Å². The van der Waals surface area contributed by atoms with Crippen molar-refractivity contribution in [2.45, 2.75) is 32.3 Å². The molecule has 1 heterocycles. The molecule has 0 aromatic carbocycles. The van der Waals surface area contributed by atoms with Gasteiger partial charge in [-0.15, -0.1) is 0 Å². The third-order valence-corrected chi connectivity index (χ3v) is 2.47. The summed E-state index contributed by atoms with van der Waals surface area (Å²) in [5.41, 5.74) is 2.00. The van der Waals surface area contributed by atoms with Gasteiger partial charge in [0.25, 0.3) is 0 Å². The Hall–Kier alpha value is -1.09. The van der Waals surface area contributed by atoms with E-state index in [0.717, 1.165) is 30.6 Å². The summed E-state index contributed by atoms with van der Waals surface area (Å²) >= 11 is 0. The van der Waals surface area contributed by atoms with E-state index in [1.54, 1.807) is 0 Å². The van der Waals surface area contributed by atoms with Crippen LogP contribution in [-0.4, -0.2) is 25.3 Å². The maximum atomic E-state index is 10.6. The molecular weight excluding hydrogens is 192 g/mol. The molecule has 1 unspecified atom stereocenters. The topological polar surface area (TPSA) is 35.5 Å². The molecule has 0 aromatic rings. The van der Waals surface area contributed by atoms with E-state index in [9.17, 15) is 4.79 Å². The maximum Gasteiger partial charge on any atom is 0.302 e. The van der Waals surface area contributed by atoms with Crippen LogP contribution in [0.25, 0.3) is 0 Å². The smallest absolute Gasteiger partial charge is 0.302 e. The van der Waals surface area contributed by atoms with Crippen LogP contribution in [0, 0.1) is 0 Å². The zero-order valence-corrected chi connectivity index (χ0v) is 9.25. The Morgan fingerprint density at radius 1 is 1.60 bits per heavy atom. The molecule has 15 heavy (non-hydrogen) atoms. The molecule has 0 bridgehead atoms. The monoisotopic (exact) mass is 210 g/mol. The van der Waals surface area contributed by atoms with Gasteiger partial charge in [-0.2, -0.15) is 0 Å². The number of ether oxygens (including phenoxy) is 2. The van der Waals surface area contributed by atoms with E-state index < -0.39 is 0 Å². The van der Waals surface area contributed by atoms with E-state index in [2.05, 4.69) is 13.2 Å². The minimum absolute atomic E-state index is 0.0423. The van der Waals surface area contributed by atoms with Crippen molar-refractivity contribution >= 4 is 5.97 Å². The third-order valence-electron chi connectivity index (χ3n) is 2.47. The fraction of sp³-hybridized carbons (Fsp3) is 0.583. The van der Waals surface area contributed by atoms with Gasteiger partial charge in [0.1, 0.15) is 0 Å². The first-order chi connectivity index (χ1) is 7.11. The van der Waals surface area contributed by atoms with E-state index in [0.29, 0.717) is 13.0 Å². The van der Waals surface area contributed by atoms with Crippen molar-refractivity contribution in [1.82, 2.24) is 0 Å². The highest BCUT2D eigenvalue weighted by Gasteiger charge is 2.19. The van der Waals surface area contributed by atoms with Crippen molar-refractivity contribution in [3.63, 3.8) is 0 Å². The SMILES string of the molecule is C=C1CCCOC(CCOC(C)=O)C1=C. The summed E-state index contributed by atoms with van der Waals surface area (Å²) in [4.78, 5) is 10.6. The van der Waals surface area contributed by atoms with Gasteiger partial charge in [0, 0.05) is 20.0 Å². The molecule has 3 heteroatoms. The van der Waals surface area contributed by atoms with Gasteiger partial charge in [-0.25, -0.2) is 0 Å². The highest BCUT2D eigenvalue weighted by molar-refractivity contribution is 5.65. The standard InChI is InChI=1S/C12H18O3/c1-9-5-4-7-15-12(10(9)2)6-8-14-11(3)13/h12H,1-2,4-8H2,3H3. The van der Waals surface area contributed by atoms with Crippen molar-refractivity contribution in [2.24, 2.45) is 0 Å². The minimum Gasteiger partial charge on any atom is -0.466 e. The first-order valence-electron chi connectivity index (χ1n) is 5.23. The Morgan fingerprint density at radius 3 is 3.00 bits per heavy atom. The van der Waals surface area contributed by atoms with Crippen molar-refractivity contribution in [3.05, 3.63) is 24.3 Å². The zero-order valence-electron chi connectivity index (χ0n) is 9.25. The van der Waals surface area contributed by atoms with Gasteiger partial charge < -0.3 is 9.47 Å². The lowest BCUT2D eigenvalue weighted by Crippen LogP contribution is -2.18. The summed E-state index contributed by atoms with van der Waals surface area (Å²) in [5, 5.41) is 0. The van der Waals surface area contributed by atoms with E-state index >= 15 is 0 Å².